The standard InChI is InChI=1S/C3F7NO6S/c4-1(5,11(12)13)2(6,16-3(7,8)9)17-18(10,14)15. The largest absolute Gasteiger partial charge is 0.601 e. The van der Waals surface area contributed by atoms with Gasteiger partial charge >= 0.3 is 29.0 Å². The minimum atomic E-state index is -6.76. The molecule has 0 bridgehead atoms. The zero-order valence-electron chi connectivity index (χ0n) is 7.45. The number of nitro groups is 1. The van der Waals surface area contributed by atoms with Gasteiger partial charge in [-0.3, -0.25) is 10.1 Å². The van der Waals surface area contributed by atoms with Gasteiger partial charge < -0.3 is 0 Å². The number of halogens is 7. The molecule has 18 heavy (non-hydrogen) atoms. The maximum atomic E-state index is 12.8. The third-order valence-electron chi connectivity index (χ3n) is 1.04. The van der Waals surface area contributed by atoms with Crippen LogP contribution in [0.4, 0.5) is 30.2 Å². The summed E-state index contributed by atoms with van der Waals surface area (Å²) in [7, 11) is -6.76. The first-order valence-electron chi connectivity index (χ1n) is 3.24. The molecule has 0 aromatic heterocycles. The Morgan fingerprint density at radius 1 is 1.06 bits per heavy atom. The van der Waals surface area contributed by atoms with E-state index >= 15 is 0 Å². The van der Waals surface area contributed by atoms with E-state index in [9.17, 15) is 48.8 Å². The number of hydrogen-bond donors (Lipinski definition) is 0. The fourth-order valence-electron chi connectivity index (χ4n) is 0.514. The fourth-order valence-corrected chi connectivity index (χ4v) is 0.905. The van der Waals surface area contributed by atoms with Crippen LogP contribution in [-0.2, 0) is 19.4 Å². The van der Waals surface area contributed by atoms with E-state index in [1.807, 2.05) is 8.92 Å². The van der Waals surface area contributed by atoms with Crippen molar-refractivity contribution in [2.24, 2.45) is 0 Å². The summed E-state index contributed by atoms with van der Waals surface area (Å²) in [6.07, 6.45) is -6.32. The van der Waals surface area contributed by atoms with Crippen molar-refractivity contribution in [3.05, 3.63) is 10.1 Å². The molecule has 0 radical (unpaired) electrons. The highest BCUT2D eigenvalue weighted by Gasteiger charge is 2.76. The van der Waals surface area contributed by atoms with E-state index in [1.165, 1.54) is 0 Å². The molecule has 0 aromatic rings. The molecule has 108 valence electrons. The molecule has 0 aliphatic rings. The maximum Gasteiger partial charge on any atom is 0.601 e. The van der Waals surface area contributed by atoms with Crippen LogP contribution in [0.15, 0.2) is 0 Å². The molecule has 0 N–H and O–H groups in total. The Kier molecular flexibility index (Phi) is 4.16. The van der Waals surface area contributed by atoms with Crippen molar-refractivity contribution in [1.29, 1.82) is 0 Å². The summed E-state index contributed by atoms with van der Waals surface area (Å²) < 4.78 is 107. The van der Waals surface area contributed by atoms with Crippen LogP contribution in [0.5, 0.6) is 0 Å². The predicted octanol–water partition coefficient (Wildman–Crippen LogP) is 1.25. The van der Waals surface area contributed by atoms with E-state index in [1.54, 1.807) is 0 Å². The van der Waals surface area contributed by atoms with Crippen molar-refractivity contribution >= 4 is 10.5 Å². The van der Waals surface area contributed by atoms with E-state index in [0.717, 1.165) is 0 Å². The smallest absolute Gasteiger partial charge is 0.259 e. The molecule has 0 heterocycles. The molecule has 0 aliphatic heterocycles. The molecular weight excluding hydrogens is 311 g/mol. The van der Waals surface area contributed by atoms with E-state index in [4.69, 9.17) is 0 Å². The topological polar surface area (TPSA) is 95.7 Å². The average Bonchev–Trinajstić information content (AvgIpc) is 1.94. The van der Waals surface area contributed by atoms with Crippen molar-refractivity contribution < 1.29 is 52.5 Å². The molecular formula is C3F7NO6S. The van der Waals surface area contributed by atoms with Gasteiger partial charge in [-0.15, -0.1) is 22.0 Å². The Labute approximate surface area is 92.6 Å². The first-order chi connectivity index (χ1) is 7.61. The molecule has 0 fully saturated rings. The summed E-state index contributed by atoms with van der Waals surface area (Å²) in [4.78, 5) is 6.61. The molecule has 1 unspecified atom stereocenters. The van der Waals surface area contributed by atoms with Gasteiger partial charge in [0.25, 0.3) is 0 Å². The van der Waals surface area contributed by atoms with Gasteiger partial charge in [-0.25, -0.2) is 4.74 Å². The first kappa shape index (κ1) is 16.8. The van der Waals surface area contributed by atoms with Gasteiger partial charge in [-0.05, 0) is 0 Å². The van der Waals surface area contributed by atoms with Gasteiger partial charge in [0, 0.05) is 0 Å². The van der Waals surface area contributed by atoms with Gasteiger partial charge in [0.15, 0.2) is 0 Å². The van der Waals surface area contributed by atoms with Crippen molar-refractivity contribution in [3.8, 4) is 0 Å². The second-order valence-electron chi connectivity index (χ2n) is 2.36. The summed E-state index contributed by atoms with van der Waals surface area (Å²) in [5, 5.41) is 9.61. The maximum absolute atomic E-state index is 12.8. The summed E-state index contributed by atoms with van der Waals surface area (Å²) >= 11 is 0. The number of nitrogens with zero attached hydrogens (tertiary/aromatic N) is 1. The Hall–Kier alpha value is -1.22. The summed E-state index contributed by atoms with van der Waals surface area (Å²) in [6, 6.07) is -12.6. The predicted molar refractivity (Wildman–Crippen MR) is 34.0 cm³/mol. The van der Waals surface area contributed by atoms with Gasteiger partial charge in [-0.1, -0.05) is 3.89 Å². The second-order valence-corrected chi connectivity index (χ2v) is 3.31. The lowest BCUT2D eigenvalue weighted by Crippen LogP contribution is -2.56. The molecule has 15 heteroatoms. The Morgan fingerprint density at radius 2 is 1.44 bits per heavy atom. The molecule has 0 aliphatic carbocycles. The lowest BCUT2D eigenvalue weighted by atomic mass is 10.5. The molecule has 0 rings (SSSR count). The molecule has 0 saturated carbocycles. The second kappa shape index (κ2) is 4.47. The Morgan fingerprint density at radius 3 is 1.67 bits per heavy atom. The minimum absolute atomic E-state index is 1.83. The zero-order chi connectivity index (χ0) is 15.0. The van der Waals surface area contributed by atoms with Gasteiger partial charge in [0.1, 0.15) is 4.92 Å². The zero-order valence-corrected chi connectivity index (χ0v) is 8.27. The third-order valence-corrected chi connectivity index (χ3v) is 1.46. The van der Waals surface area contributed by atoms with Crippen LogP contribution in [0.25, 0.3) is 0 Å². The number of hydrogen-bond acceptors (Lipinski definition) is 6. The van der Waals surface area contributed by atoms with Crippen LogP contribution in [0, 0.1) is 10.1 Å². The average molecular weight is 311 g/mol. The lowest BCUT2D eigenvalue weighted by Gasteiger charge is -2.24. The fraction of sp³-hybridized carbons (Fsp3) is 1.00. The van der Waals surface area contributed by atoms with Crippen LogP contribution in [0.2, 0.25) is 0 Å². The van der Waals surface area contributed by atoms with Crippen molar-refractivity contribution in [2.75, 3.05) is 0 Å². The normalized spacial score (nSPS) is 17.3. The van der Waals surface area contributed by atoms with Crippen LogP contribution < -0.4 is 0 Å². The van der Waals surface area contributed by atoms with E-state index < -0.39 is 33.9 Å². The molecule has 0 aromatic carbocycles. The molecule has 0 spiro atoms. The van der Waals surface area contributed by atoms with E-state index in [0.29, 0.717) is 0 Å². The van der Waals surface area contributed by atoms with Gasteiger partial charge in [-0.2, -0.15) is 17.0 Å². The SMILES string of the molecule is O=[N+]([O-])C(F)(F)C(F)(OC(F)(F)F)OS(=O)(=O)F. The molecule has 0 saturated heterocycles. The monoisotopic (exact) mass is 311 g/mol. The number of ether oxygens (including phenoxy) is 1. The van der Waals surface area contributed by atoms with Gasteiger partial charge in [0.05, 0.1) is 0 Å². The highest BCUT2D eigenvalue weighted by Crippen LogP contribution is 2.41. The van der Waals surface area contributed by atoms with Crippen LogP contribution in [-0.4, -0.2) is 31.8 Å². The Balaban J connectivity index is 5.63. The summed E-state index contributed by atoms with van der Waals surface area (Å²) in [5.74, 6) is 0. The quantitative estimate of drug-likeness (QED) is 0.189. The van der Waals surface area contributed by atoms with Crippen LogP contribution in [0.3, 0.4) is 0 Å². The van der Waals surface area contributed by atoms with Crippen molar-refractivity contribution in [2.45, 2.75) is 18.4 Å². The molecule has 0 amide bonds. The van der Waals surface area contributed by atoms with Gasteiger partial charge in [0.2, 0.25) is 0 Å². The van der Waals surface area contributed by atoms with Crippen molar-refractivity contribution in [1.82, 2.24) is 0 Å². The number of alkyl halides is 6. The summed E-state index contributed by atoms with van der Waals surface area (Å²) in [6.45, 7) is 0. The first-order valence-corrected chi connectivity index (χ1v) is 4.55. The van der Waals surface area contributed by atoms with Crippen LogP contribution >= 0.6 is 0 Å². The highest BCUT2D eigenvalue weighted by atomic mass is 32.3. The highest BCUT2D eigenvalue weighted by molar-refractivity contribution is 7.81. The minimum Gasteiger partial charge on any atom is -0.259 e. The third kappa shape index (κ3) is 4.22. The Bertz CT molecular complexity index is 431. The molecule has 1 atom stereocenters. The van der Waals surface area contributed by atoms with E-state index in [2.05, 4.69) is 0 Å². The molecule has 7 nitrogen and oxygen atoms in total. The lowest BCUT2D eigenvalue weighted by molar-refractivity contribution is -0.708. The summed E-state index contributed by atoms with van der Waals surface area (Å²) in [5.41, 5.74) is 0. The van der Waals surface area contributed by atoms with Crippen LogP contribution in [0.1, 0.15) is 0 Å². The van der Waals surface area contributed by atoms with E-state index in [-0.39, 0.29) is 0 Å². The van der Waals surface area contributed by atoms with Crippen molar-refractivity contribution in [3.63, 3.8) is 0 Å². The number of rotatable bonds is 5.